The van der Waals surface area contributed by atoms with Crippen molar-refractivity contribution >= 4 is 29.0 Å². The molecule has 0 atom stereocenters. The summed E-state index contributed by atoms with van der Waals surface area (Å²) in [5.74, 6) is 0.385. The van der Waals surface area contributed by atoms with Crippen molar-refractivity contribution < 1.29 is 13.2 Å². The first kappa shape index (κ1) is 15.9. The van der Waals surface area contributed by atoms with Crippen LogP contribution in [0, 0.1) is 0 Å². The van der Waals surface area contributed by atoms with Crippen LogP contribution in [0.4, 0.5) is 19.0 Å². The summed E-state index contributed by atoms with van der Waals surface area (Å²) in [4.78, 5) is 4.21. The van der Waals surface area contributed by atoms with Crippen molar-refractivity contribution in [1.29, 1.82) is 0 Å². The summed E-state index contributed by atoms with van der Waals surface area (Å²) >= 11 is 12.0. The number of halogens is 5. The fourth-order valence-electron chi connectivity index (χ4n) is 1.80. The number of rotatable bonds is 3. The van der Waals surface area contributed by atoms with Gasteiger partial charge in [0.25, 0.3) is 0 Å². The van der Waals surface area contributed by atoms with Crippen LogP contribution in [-0.2, 0) is 6.18 Å². The number of pyridine rings is 1. The highest BCUT2D eigenvalue weighted by molar-refractivity contribution is 6.37. The van der Waals surface area contributed by atoms with E-state index in [9.17, 15) is 13.2 Å². The van der Waals surface area contributed by atoms with Gasteiger partial charge in [-0.3, -0.25) is 0 Å². The van der Waals surface area contributed by atoms with Gasteiger partial charge in [0, 0.05) is 12.1 Å². The lowest BCUT2D eigenvalue weighted by Gasteiger charge is -2.12. The smallest absolute Gasteiger partial charge is 0.369 e. The molecule has 0 fully saturated rings. The molecule has 0 bridgehead atoms. The number of alkyl halides is 3. The van der Waals surface area contributed by atoms with Crippen LogP contribution in [0.3, 0.4) is 0 Å². The molecule has 112 valence electrons. The molecular formula is C14H11Cl2F3N2. The lowest BCUT2D eigenvalue weighted by Crippen LogP contribution is -2.05. The Labute approximate surface area is 129 Å². The number of hydrogen-bond donors (Lipinski definition) is 1. The van der Waals surface area contributed by atoms with Crippen LogP contribution in [0.2, 0.25) is 10.0 Å². The topological polar surface area (TPSA) is 24.9 Å². The predicted octanol–water partition coefficient (Wildman–Crippen LogP) is 5.51. The largest absolute Gasteiger partial charge is 0.416 e. The molecule has 2 rings (SSSR count). The lowest BCUT2D eigenvalue weighted by atomic mass is 10.1. The quantitative estimate of drug-likeness (QED) is 0.800. The predicted molar refractivity (Wildman–Crippen MR) is 78.9 cm³/mol. The molecule has 21 heavy (non-hydrogen) atoms. The van der Waals surface area contributed by atoms with Crippen LogP contribution in [0.1, 0.15) is 12.5 Å². The van der Waals surface area contributed by atoms with Crippen molar-refractivity contribution in [1.82, 2.24) is 4.98 Å². The molecule has 0 aliphatic carbocycles. The second-order valence-corrected chi connectivity index (χ2v) is 5.07. The van der Waals surface area contributed by atoms with E-state index in [0.29, 0.717) is 17.4 Å². The maximum Gasteiger partial charge on any atom is 0.416 e. The minimum absolute atomic E-state index is 0.195. The third-order valence-electron chi connectivity index (χ3n) is 2.74. The fraction of sp³-hybridized carbons (Fsp3) is 0.214. The van der Waals surface area contributed by atoms with Crippen molar-refractivity contribution in [3.8, 4) is 11.3 Å². The Kier molecular flexibility index (Phi) is 4.64. The van der Waals surface area contributed by atoms with Gasteiger partial charge in [0.1, 0.15) is 5.82 Å². The maximum absolute atomic E-state index is 12.8. The highest BCUT2D eigenvalue weighted by Gasteiger charge is 2.30. The second-order valence-electron chi connectivity index (χ2n) is 4.26. The fourth-order valence-corrected chi connectivity index (χ4v) is 2.34. The molecule has 0 unspecified atom stereocenters. The zero-order valence-electron chi connectivity index (χ0n) is 10.9. The number of nitrogens with zero attached hydrogens (tertiary/aromatic N) is 1. The summed E-state index contributed by atoms with van der Waals surface area (Å²) in [6.45, 7) is 2.44. The second kappa shape index (κ2) is 6.12. The Bertz CT molecular complexity index is 657. The number of hydrogen-bond acceptors (Lipinski definition) is 2. The Balaban J connectivity index is 2.54. The molecule has 0 radical (unpaired) electrons. The first-order valence-electron chi connectivity index (χ1n) is 6.10. The molecule has 7 heteroatoms. The van der Waals surface area contributed by atoms with Gasteiger partial charge in [-0.25, -0.2) is 4.98 Å². The van der Waals surface area contributed by atoms with Gasteiger partial charge in [0.15, 0.2) is 0 Å². The third kappa shape index (κ3) is 3.60. The molecule has 0 spiro atoms. The standard InChI is InChI=1S/C14H11Cl2F3N2/c1-2-20-13-11(16)7-10(15)12(21-13)8-4-3-5-9(6-8)14(17,18)19/h3-7H,2H2,1H3,(H,20,21). The molecule has 0 aliphatic rings. The average Bonchev–Trinajstić information content (AvgIpc) is 2.41. The molecule has 0 aliphatic heterocycles. The van der Waals surface area contributed by atoms with E-state index in [0.717, 1.165) is 12.1 Å². The molecule has 1 N–H and O–H groups in total. The summed E-state index contributed by atoms with van der Waals surface area (Å²) in [6.07, 6.45) is -4.42. The molecule has 0 saturated heterocycles. The Hall–Kier alpha value is -1.46. The van der Waals surface area contributed by atoms with E-state index in [1.165, 1.54) is 18.2 Å². The van der Waals surface area contributed by atoms with Gasteiger partial charge >= 0.3 is 6.18 Å². The maximum atomic E-state index is 12.8. The van der Waals surface area contributed by atoms with Crippen LogP contribution in [0.15, 0.2) is 30.3 Å². The summed E-state index contributed by atoms with van der Waals surface area (Å²) in [6, 6.07) is 6.31. The van der Waals surface area contributed by atoms with E-state index in [1.807, 2.05) is 6.92 Å². The minimum Gasteiger partial charge on any atom is -0.369 e. The molecule has 1 aromatic heterocycles. The summed E-state index contributed by atoms with van der Waals surface area (Å²) < 4.78 is 38.3. The number of aromatic nitrogens is 1. The van der Waals surface area contributed by atoms with Crippen LogP contribution in [0.25, 0.3) is 11.3 Å². The molecule has 0 amide bonds. The van der Waals surface area contributed by atoms with Crippen molar-refractivity contribution in [3.63, 3.8) is 0 Å². The monoisotopic (exact) mass is 334 g/mol. The Morgan fingerprint density at radius 2 is 1.86 bits per heavy atom. The molecule has 1 aromatic carbocycles. The zero-order chi connectivity index (χ0) is 15.6. The van der Waals surface area contributed by atoms with Crippen LogP contribution in [-0.4, -0.2) is 11.5 Å². The van der Waals surface area contributed by atoms with Gasteiger partial charge in [0.2, 0.25) is 0 Å². The Morgan fingerprint density at radius 1 is 1.14 bits per heavy atom. The van der Waals surface area contributed by atoms with Crippen molar-refractivity contribution in [3.05, 3.63) is 45.9 Å². The molecule has 2 nitrogen and oxygen atoms in total. The molecule has 0 saturated carbocycles. The van der Waals surface area contributed by atoms with E-state index < -0.39 is 11.7 Å². The van der Waals surface area contributed by atoms with Crippen LogP contribution >= 0.6 is 23.2 Å². The van der Waals surface area contributed by atoms with Gasteiger partial charge in [-0.1, -0.05) is 35.3 Å². The van der Waals surface area contributed by atoms with Crippen LogP contribution < -0.4 is 5.32 Å². The minimum atomic E-state index is -4.42. The number of nitrogens with one attached hydrogen (secondary N) is 1. The van der Waals surface area contributed by atoms with Gasteiger partial charge in [-0.05, 0) is 25.1 Å². The molecule has 1 heterocycles. The summed E-state index contributed by atoms with van der Waals surface area (Å²) in [7, 11) is 0. The van der Waals surface area contributed by atoms with Gasteiger partial charge in [-0.15, -0.1) is 0 Å². The Morgan fingerprint density at radius 3 is 2.48 bits per heavy atom. The number of anilines is 1. The average molecular weight is 335 g/mol. The van der Waals surface area contributed by atoms with Gasteiger partial charge in [-0.2, -0.15) is 13.2 Å². The van der Waals surface area contributed by atoms with Gasteiger partial charge < -0.3 is 5.32 Å². The highest BCUT2D eigenvalue weighted by atomic mass is 35.5. The van der Waals surface area contributed by atoms with Crippen molar-refractivity contribution in [2.24, 2.45) is 0 Å². The van der Waals surface area contributed by atoms with Crippen LogP contribution in [0.5, 0.6) is 0 Å². The SMILES string of the molecule is CCNc1nc(-c2cccc(C(F)(F)F)c2)c(Cl)cc1Cl. The van der Waals surface area contributed by atoms with Crippen molar-refractivity contribution in [2.45, 2.75) is 13.1 Å². The first-order chi connectivity index (χ1) is 9.82. The first-order valence-corrected chi connectivity index (χ1v) is 6.86. The van der Waals surface area contributed by atoms with E-state index in [1.54, 1.807) is 0 Å². The van der Waals surface area contributed by atoms with E-state index >= 15 is 0 Å². The normalized spacial score (nSPS) is 11.5. The summed E-state index contributed by atoms with van der Waals surface area (Å²) in [5, 5.41) is 3.45. The van der Waals surface area contributed by atoms with Crippen molar-refractivity contribution in [2.75, 3.05) is 11.9 Å². The number of benzene rings is 1. The third-order valence-corrected chi connectivity index (χ3v) is 3.31. The molecule has 2 aromatic rings. The van der Waals surface area contributed by atoms with E-state index in [4.69, 9.17) is 23.2 Å². The molecular weight excluding hydrogens is 324 g/mol. The highest BCUT2D eigenvalue weighted by Crippen LogP contribution is 2.35. The lowest BCUT2D eigenvalue weighted by molar-refractivity contribution is -0.137. The van der Waals surface area contributed by atoms with E-state index in [2.05, 4.69) is 10.3 Å². The zero-order valence-corrected chi connectivity index (χ0v) is 12.4. The van der Waals surface area contributed by atoms with Gasteiger partial charge in [0.05, 0.1) is 21.3 Å². The summed E-state index contributed by atoms with van der Waals surface area (Å²) in [5.41, 5.74) is -0.216. The van der Waals surface area contributed by atoms with E-state index in [-0.39, 0.29) is 16.3 Å².